The molecule has 0 amide bonds. The van der Waals surface area contributed by atoms with Gasteiger partial charge in [0, 0.05) is 13.0 Å². The Balaban J connectivity index is 1.95. The Morgan fingerprint density at radius 2 is 1.68 bits per heavy atom. The third-order valence-electron chi connectivity index (χ3n) is 5.38. The zero-order valence-electron chi connectivity index (χ0n) is 15.0. The van der Waals surface area contributed by atoms with Crippen molar-refractivity contribution in [1.29, 1.82) is 5.26 Å². The van der Waals surface area contributed by atoms with Gasteiger partial charge in [0.1, 0.15) is 5.75 Å². The molecule has 0 radical (unpaired) electrons. The first-order valence-electron chi connectivity index (χ1n) is 8.49. The van der Waals surface area contributed by atoms with E-state index in [2.05, 4.69) is 36.5 Å². The SMILES string of the molecule is CC(C)(C)C1(CC#N)CCN(Cc2ccc(OC(F)(F)F)cc2)CC1. The number of rotatable bonds is 4. The fourth-order valence-electron chi connectivity index (χ4n) is 3.54. The van der Waals surface area contributed by atoms with E-state index in [1.165, 1.54) is 12.1 Å². The minimum atomic E-state index is -4.66. The zero-order valence-corrected chi connectivity index (χ0v) is 15.0. The van der Waals surface area contributed by atoms with Crippen LogP contribution in [0.5, 0.6) is 5.75 Å². The van der Waals surface area contributed by atoms with Crippen LogP contribution in [0.4, 0.5) is 13.2 Å². The van der Waals surface area contributed by atoms with E-state index >= 15 is 0 Å². The van der Waals surface area contributed by atoms with Crippen molar-refractivity contribution < 1.29 is 17.9 Å². The Kier molecular flexibility index (Phi) is 5.68. The van der Waals surface area contributed by atoms with Crippen LogP contribution in [0, 0.1) is 22.2 Å². The van der Waals surface area contributed by atoms with E-state index in [-0.39, 0.29) is 16.6 Å². The molecule has 1 aliphatic rings. The number of ether oxygens (including phenoxy) is 1. The van der Waals surface area contributed by atoms with E-state index in [1.807, 2.05) is 0 Å². The highest BCUT2D eigenvalue weighted by Gasteiger charge is 2.43. The van der Waals surface area contributed by atoms with Gasteiger partial charge >= 0.3 is 6.36 Å². The molecular weight excluding hydrogens is 329 g/mol. The maximum absolute atomic E-state index is 12.2. The average molecular weight is 354 g/mol. The third kappa shape index (κ3) is 5.12. The fourth-order valence-corrected chi connectivity index (χ4v) is 3.54. The van der Waals surface area contributed by atoms with Gasteiger partial charge in [0.15, 0.2) is 0 Å². The van der Waals surface area contributed by atoms with Crippen LogP contribution in [0.1, 0.15) is 45.6 Å². The molecule has 6 heteroatoms. The fraction of sp³-hybridized carbons (Fsp3) is 0.632. The number of hydrogen-bond acceptors (Lipinski definition) is 3. The topological polar surface area (TPSA) is 36.3 Å². The van der Waals surface area contributed by atoms with Crippen molar-refractivity contribution in [3.63, 3.8) is 0 Å². The summed E-state index contributed by atoms with van der Waals surface area (Å²) in [5.74, 6) is -0.198. The first kappa shape index (κ1) is 19.6. The third-order valence-corrected chi connectivity index (χ3v) is 5.38. The molecule has 1 aliphatic heterocycles. The van der Waals surface area contributed by atoms with E-state index in [0.29, 0.717) is 13.0 Å². The summed E-state index contributed by atoms with van der Waals surface area (Å²) in [7, 11) is 0. The summed E-state index contributed by atoms with van der Waals surface area (Å²) in [6, 6.07) is 8.39. The molecule has 0 aromatic heterocycles. The van der Waals surface area contributed by atoms with Gasteiger partial charge in [0.2, 0.25) is 0 Å². The summed E-state index contributed by atoms with van der Waals surface area (Å²) >= 11 is 0. The number of halogens is 3. The van der Waals surface area contributed by atoms with E-state index in [0.717, 1.165) is 31.5 Å². The quantitative estimate of drug-likeness (QED) is 0.752. The van der Waals surface area contributed by atoms with Crippen LogP contribution >= 0.6 is 0 Å². The van der Waals surface area contributed by atoms with E-state index in [9.17, 15) is 18.4 Å². The second kappa shape index (κ2) is 7.25. The highest BCUT2D eigenvalue weighted by Crippen LogP contribution is 2.49. The molecule has 3 nitrogen and oxygen atoms in total. The minimum Gasteiger partial charge on any atom is -0.406 e. The number of hydrogen-bond donors (Lipinski definition) is 0. The predicted octanol–water partition coefficient (Wildman–Crippen LogP) is 5.13. The Morgan fingerprint density at radius 3 is 2.12 bits per heavy atom. The Labute approximate surface area is 147 Å². The molecule has 0 bridgehead atoms. The van der Waals surface area contributed by atoms with Crippen LogP contribution in [0.2, 0.25) is 0 Å². The van der Waals surface area contributed by atoms with Crippen molar-refractivity contribution in [3.8, 4) is 11.8 Å². The largest absolute Gasteiger partial charge is 0.573 e. The maximum atomic E-state index is 12.2. The van der Waals surface area contributed by atoms with Crippen molar-refractivity contribution in [1.82, 2.24) is 4.90 Å². The van der Waals surface area contributed by atoms with Crippen molar-refractivity contribution in [2.75, 3.05) is 13.1 Å². The number of nitrogens with zero attached hydrogens (tertiary/aromatic N) is 2. The molecule has 25 heavy (non-hydrogen) atoms. The highest BCUT2D eigenvalue weighted by atomic mass is 19.4. The van der Waals surface area contributed by atoms with Crippen LogP contribution in [-0.4, -0.2) is 24.4 Å². The molecule has 0 spiro atoms. The molecule has 0 N–H and O–H groups in total. The van der Waals surface area contributed by atoms with Crippen LogP contribution in [-0.2, 0) is 6.54 Å². The first-order chi connectivity index (χ1) is 11.5. The number of benzene rings is 1. The Morgan fingerprint density at radius 1 is 1.12 bits per heavy atom. The molecule has 2 rings (SSSR count). The summed E-state index contributed by atoms with van der Waals surface area (Å²) in [4.78, 5) is 2.29. The van der Waals surface area contributed by atoms with Gasteiger partial charge in [-0.1, -0.05) is 32.9 Å². The Hall–Kier alpha value is -1.74. The summed E-state index contributed by atoms with van der Waals surface area (Å²) in [6.45, 7) is 9.05. The second-order valence-corrected chi connectivity index (χ2v) is 7.83. The smallest absolute Gasteiger partial charge is 0.406 e. The molecule has 0 saturated carbocycles. The molecule has 1 saturated heterocycles. The van der Waals surface area contributed by atoms with Crippen LogP contribution in [0.15, 0.2) is 24.3 Å². The summed E-state index contributed by atoms with van der Waals surface area (Å²) in [6.07, 6.45) is -2.18. The van der Waals surface area contributed by atoms with Crippen molar-refractivity contribution in [2.45, 2.75) is 52.9 Å². The van der Waals surface area contributed by atoms with Gasteiger partial charge in [-0.3, -0.25) is 4.90 Å². The first-order valence-corrected chi connectivity index (χ1v) is 8.49. The van der Waals surface area contributed by atoms with Gasteiger partial charge in [-0.2, -0.15) is 5.26 Å². The van der Waals surface area contributed by atoms with Crippen molar-refractivity contribution >= 4 is 0 Å². The average Bonchev–Trinajstić information content (AvgIpc) is 2.49. The number of piperidine rings is 1. The Bertz CT molecular complexity index is 604. The maximum Gasteiger partial charge on any atom is 0.573 e. The molecule has 1 aromatic rings. The zero-order chi connectivity index (χ0) is 18.7. The number of nitriles is 1. The minimum absolute atomic E-state index is 0.0304. The second-order valence-electron chi connectivity index (χ2n) is 7.83. The number of likely N-dealkylation sites (tertiary alicyclic amines) is 1. The standard InChI is InChI=1S/C19H25F3N2O/c1-17(2,3)18(8-11-23)9-12-24(13-10-18)14-15-4-6-16(7-5-15)25-19(20,21)22/h4-7H,8-10,12-14H2,1-3H3. The molecule has 1 heterocycles. The molecule has 138 valence electrons. The van der Waals surface area contributed by atoms with E-state index < -0.39 is 6.36 Å². The van der Waals surface area contributed by atoms with Gasteiger partial charge in [-0.15, -0.1) is 13.2 Å². The molecule has 0 unspecified atom stereocenters. The lowest BCUT2D eigenvalue weighted by Crippen LogP contribution is -2.46. The molecule has 1 fully saturated rings. The molecule has 0 aliphatic carbocycles. The van der Waals surface area contributed by atoms with Gasteiger partial charge in [0.25, 0.3) is 0 Å². The number of alkyl halides is 3. The lowest BCUT2D eigenvalue weighted by molar-refractivity contribution is -0.274. The molecule has 0 atom stereocenters. The molecule has 1 aromatic carbocycles. The lowest BCUT2D eigenvalue weighted by atomic mass is 9.60. The predicted molar refractivity (Wildman–Crippen MR) is 89.8 cm³/mol. The highest BCUT2D eigenvalue weighted by molar-refractivity contribution is 5.27. The van der Waals surface area contributed by atoms with Crippen LogP contribution in [0.25, 0.3) is 0 Å². The van der Waals surface area contributed by atoms with Crippen LogP contribution < -0.4 is 4.74 Å². The van der Waals surface area contributed by atoms with Gasteiger partial charge in [-0.05, 0) is 54.5 Å². The summed E-state index contributed by atoms with van der Waals surface area (Å²) in [5.41, 5.74) is 1.06. The molecular formula is C19H25F3N2O. The van der Waals surface area contributed by atoms with Gasteiger partial charge < -0.3 is 4.74 Å². The lowest BCUT2D eigenvalue weighted by Gasteiger charge is -2.49. The van der Waals surface area contributed by atoms with Crippen LogP contribution in [0.3, 0.4) is 0 Å². The summed E-state index contributed by atoms with van der Waals surface area (Å²) in [5, 5.41) is 9.20. The monoisotopic (exact) mass is 354 g/mol. The van der Waals surface area contributed by atoms with Crippen molar-refractivity contribution in [3.05, 3.63) is 29.8 Å². The van der Waals surface area contributed by atoms with E-state index in [1.54, 1.807) is 12.1 Å². The normalized spacial score (nSPS) is 18.6. The van der Waals surface area contributed by atoms with Gasteiger partial charge in [-0.25, -0.2) is 0 Å². The van der Waals surface area contributed by atoms with E-state index in [4.69, 9.17) is 0 Å². The van der Waals surface area contributed by atoms with Crippen molar-refractivity contribution in [2.24, 2.45) is 10.8 Å². The van der Waals surface area contributed by atoms with Gasteiger partial charge in [0.05, 0.1) is 6.07 Å². The summed E-state index contributed by atoms with van der Waals surface area (Å²) < 4.78 is 40.5.